The summed E-state index contributed by atoms with van der Waals surface area (Å²) in [6.07, 6.45) is 3.99. The van der Waals surface area contributed by atoms with Gasteiger partial charge in [-0.15, -0.1) is 11.3 Å². The lowest BCUT2D eigenvalue weighted by Crippen LogP contribution is -2.36. The Balaban J connectivity index is 1.59. The molecule has 19 heavy (non-hydrogen) atoms. The van der Waals surface area contributed by atoms with E-state index in [1.807, 2.05) is 17.5 Å². The number of likely N-dealkylation sites (tertiary alicyclic amines) is 1. The normalized spacial score (nSPS) is 25.6. The summed E-state index contributed by atoms with van der Waals surface area (Å²) in [4.78, 5) is 14.7. The van der Waals surface area contributed by atoms with E-state index in [9.17, 15) is 4.79 Å². The highest BCUT2D eigenvalue weighted by Crippen LogP contribution is 2.31. The van der Waals surface area contributed by atoms with Crippen LogP contribution in [0.4, 0.5) is 0 Å². The molecule has 1 aliphatic carbocycles. The number of carboxylic acid groups (broad SMARTS) is 1. The predicted octanol–water partition coefficient (Wildman–Crippen LogP) is 2.09. The molecule has 1 saturated carbocycles. The van der Waals surface area contributed by atoms with E-state index in [1.54, 1.807) is 11.3 Å². The third kappa shape index (κ3) is 3.35. The highest BCUT2D eigenvalue weighted by Gasteiger charge is 2.35. The lowest BCUT2D eigenvalue weighted by molar-refractivity contribution is -0.137. The number of hydrogen-bond acceptors (Lipinski definition) is 4. The van der Waals surface area contributed by atoms with Crippen LogP contribution in [0.15, 0.2) is 17.5 Å². The minimum atomic E-state index is -0.733. The number of nitrogens with zero attached hydrogens (tertiary/aromatic N) is 1. The van der Waals surface area contributed by atoms with Crippen LogP contribution in [0, 0.1) is 0 Å². The van der Waals surface area contributed by atoms with Gasteiger partial charge in [-0.1, -0.05) is 6.07 Å². The van der Waals surface area contributed by atoms with Crippen LogP contribution in [0.2, 0.25) is 0 Å². The fourth-order valence-corrected chi connectivity index (χ4v) is 3.67. The number of carbonyl (C=O) groups is 1. The Bertz CT molecular complexity index is 431. The first-order chi connectivity index (χ1) is 9.22. The lowest BCUT2D eigenvalue weighted by atomic mass is 10.1. The van der Waals surface area contributed by atoms with Crippen LogP contribution in [0.5, 0.6) is 0 Å². The van der Waals surface area contributed by atoms with Crippen LogP contribution in [-0.2, 0) is 4.79 Å². The molecule has 0 aromatic carbocycles. The van der Waals surface area contributed by atoms with Crippen molar-refractivity contribution in [3.63, 3.8) is 0 Å². The van der Waals surface area contributed by atoms with Gasteiger partial charge >= 0.3 is 5.97 Å². The van der Waals surface area contributed by atoms with Gasteiger partial charge in [0.1, 0.15) is 0 Å². The monoisotopic (exact) mass is 280 g/mol. The Morgan fingerprint density at radius 1 is 1.53 bits per heavy atom. The first-order valence-corrected chi connectivity index (χ1v) is 7.85. The topological polar surface area (TPSA) is 52.6 Å². The van der Waals surface area contributed by atoms with Crippen molar-refractivity contribution >= 4 is 17.3 Å². The summed E-state index contributed by atoms with van der Waals surface area (Å²) in [6, 6.07) is 5.22. The van der Waals surface area contributed by atoms with Crippen LogP contribution in [-0.4, -0.2) is 41.1 Å². The van der Waals surface area contributed by atoms with Gasteiger partial charge < -0.3 is 10.4 Å². The standard InChI is InChI=1S/C14H20N2O2S/c17-14(18)8-12(13-2-1-7-19-13)15-10-5-6-16(9-10)11-3-4-11/h1-2,7,10-12,15H,3-6,8-9H2,(H,17,18). The van der Waals surface area contributed by atoms with E-state index < -0.39 is 5.97 Å². The number of thiophene rings is 1. The van der Waals surface area contributed by atoms with Crippen LogP contribution in [0.1, 0.15) is 36.6 Å². The molecule has 2 aliphatic rings. The van der Waals surface area contributed by atoms with E-state index in [0.717, 1.165) is 30.4 Å². The van der Waals surface area contributed by atoms with Gasteiger partial charge in [0.05, 0.1) is 12.5 Å². The molecule has 104 valence electrons. The van der Waals surface area contributed by atoms with Gasteiger partial charge in [0.2, 0.25) is 0 Å². The summed E-state index contributed by atoms with van der Waals surface area (Å²) in [5.74, 6) is -0.733. The Morgan fingerprint density at radius 3 is 3.00 bits per heavy atom. The average Bonchev–Trinajstić information content (AvgIpc) is 2.91. The van der Waals surface area contributed by atoms with Crippen molar-refractivity contribution in [2.24, 2.45) is 0 Å². The molecule has 2 heterocycles. The lowest BCUT2D eigenvalue weighted by Gasteiger charge is -2.21. The second-order valence-electron chi connectivity index (χ2n) is 5.54. The largest absolute Gasteiger partial charge is 0.481 e. The van der Waals surface area contributed by atoms with E-state index in [4.69, 9.17) is 5.11 Å². The van der Waals surface area contributed by atoms with Crippen molar-refractivity contribution in [2.75, 3.05) is 13.1 Å². The van der Waals surface area contributed by atoms with Crippen molar-refractivity contribution in [3.05, 3.63) is 22.4 Å². The van der Waals surface area contributed by atoms with Crippen molar-refractivity contribution in [3.8, 4) is 0 Å². The number of carboxylic acids is 1. The zero-order valence-electron chi connectivity index (χ0n) is 10.9. The maximum Gasteiger partial charge on any atom is 0.305 e. The minimum absolute atomic E-state index is 0.0401. The predicted molar refractivity (Wildman–Crippen MR) is 75.4 cm³/mol. The summed E-state index contributed by atoms with van der Waals surface area (Å²) < 4.78 is 0. The maximum atomic E-state index is 11.0. The minimum Gasteiger partial charge on any atom is -0.481 e. The van der Waals surface area contributed by atoms with E-state index in [0.29, 0.717) is 6.04 Å². The molecule has 2 N–H and O–H groups in total. The summed E-state index contributed by atoms with van der Waals surface area (Å²) >= 11 is 1.64. The third-order valence-corrected chi connectivity index (χ3v) is 4.97. The third-order valence-electron chi connectivity index (χ3n) is 3.99. The second-order valence-corrected chi connectivity index (χ2v) is 6.52. The van der Waals surface area contributed by atoms with Gasteiger partial charge in [0, 0.05) is 30.1 Å². The SMILES string of the molecule is O=C(O)CC(NC1CCN(C2CC2)C1)c1cccs1. The van der Waals surface area contributed by atoms with Crippen molar-refractivity contribution < 1.29 is 9.90 Å². The van der Waals surface area contributed by atoms with Crippen molar-refractivity contribution in [2.45, 2.75) is 43.8 Å². The molecule has 1 aromatic heterocycles. The second kappa shape index (κ2) is 5.61. The van der Waals surface area contributed by atoms with Crippen LogP contribution in [0.25, 0.3) is 0 Å². The highest BCUT2D eigenvalue weighted by molar-refractivity contribution is 7.10. The molecule has 0 radical (unpaired) electrons. The molecule has 1 aliphatic heterocycles. The Morgan fingerprint density at radius 2 is 2.37 bits per heavy atom. The summed E-state index contributed by atoms with van der Waals surface area (Å²) in [6.45, 7) is 2.23. The van der Waals surface area contributed by atoms with Gasteiger partial charge in [-0.25, -0.2) is 0 Å². The van der Waals surface area contributed by atoms with Crippen molar-refractivity contribution in [1.82, 2.24) is 10.2 Å². The van der Waals surface area contributed by atoms with E-state index in [-0.39, 0.29) is 12.5 Å². The van der Waals surface area contributed by atoms with E-state index in [2.05, 4.69) is 10.2 Å². The van der Waals surface area contributed by atoms with E-state index in [1.165, 1.54) is 12.8 Å². The van der Waals surface area contributed by atoms with Gasteiger partial charge in [-0.2, -0.15) is 0 Å². The van der Waals surface area contributed by atoms with Crippen LogP contribution < -0.4 is 5.32 Å². The summed E-state index contributed by atoms with van der Waals surface area (Å²) in [7, 11) is 0. The Hall–Kier alpha value is -0.910. The molecule has 2 atom stereocenters. The highest BCUT2D eigenvalue weighted by atomic mass is 32.1. The molecule has 0 spiro atoms. The molecule has 1 saturated heterocycles. The molecule has 2 unspecified atom stereocenters. The smallest absolute Gasteiger partial charge is 0.305 e. The first kappa shape index (κ1) is 13.1. The van der Waals surface area contributed by atoms with Crippen LogP contribution >= 0.6 is 11.3 Å². The van der Waals surface area contributed by atoms with Gasteiger partial charge in [0.25, 0.3) is 0 Å². The number of aliphatic carboxylic acids is 1. The van der Waals surface area contributed by atoms with Gasteiger partial charge in [0.15, 0.2) is 0 Å². The zero-order chi connectivity index (χ0) is 13.2. The quantitative estimate of drug-likeness (QED) is 0.838. The summed E-state index contributed by atoms with van der Waals surface area (Å²) in [5.41, 5.74) is 0. The Kier molecular flexibility index (Phi) is 3.86. The maximum absolute atomic E-state index is 11.0. The summed E-state index contributed by atoms with van der Waals surface area (Å²) in [5, 5.41) is 14.6. The molecule has 3 rings (SSSR count). The molecular formula is C14H20N2O2S. The molecule has 5 heteroatoms. The van der Waals surface area contributed by atoms with Crippen LogP contribution in [0.3, 0.4) is 0 Å². The number of hydrogen-bond donors (Lipinski definition) is 2. The molecule has 4 nitrogen and oxygen atoms in total. The number of nitrogens with one attached hydrogen (secondary N) is 1. The van der Waals surface area contributed by atoms with E-state index >= 15 is 0 Å². The number of rotatable bonds is 6. The van der Waals surface area contributed by atoms with Gasteiger partial charge in [-0.3, -0.25) is 9.69 Å². The molecule has 0 amide bonds. The average molecular weight is 280 g/mol. The Labute approximate surface area is 117 Å². The molecule has 1 aromatic rings. The molecule has 0 bridgehead atoms. The zero-order valence-corrected chi connectivity index (χ0v) is 11.7. The van der Waals surface area contributed by atoms with Crippen molar-refractivity contribution in [1.29, 1.82) is 0 Å². The first-order valence-electron chi connectivity index (χ1n) is 6.97. The molecular weight excluding hydrogens is 260 g/mol. The fraction of sp³-hybridized carbons (Fsp3) is 0.643. The molecule has 2 fully saturated rings. The fourth-order valence-electron chi connectivity index (χ4n) is 2.89. The van der Waals surface area contributed by atoms with Gasteiger partial charge in [-0.05, 0) is 30.7 Å².